The molecular weight excluding hydrogens is 150 g/mol. The topological polar surface area (TPSA) is 69.6 Å². The SMILES string of the molecule is [CH2]Sc1nnnn1CCN. The molecule has 6 heteroatoms. The van der Waals surface area contributed by atoms with Crippen LogP contribution in [0.25, 0.3) is 0 Å². The summed E-state index contributed by atoms with van der Waals surface area (Å²) in [6.45, 7) is 1.18. The standard InChI is InChI=1S/C4H8N5S/c1-10-4-6-7-8-9(4)3-2-5/h1-3,5H2. The largest absolute Gasteiger partial charge is 0.329 e. The molecule has 0 aromatic carbocycles. The van der Waals surface area contributed by atoms with Crippen LogP contribution in [0.1, 0.15) is 0 Å². The fraction of sp³-hybridized carbons (Fsp3) is 0.500. The number of aromatic nitrogens is 4. The van der Waals surface area contributed by atoms with Crippen molar-refractivity contribution in [2.24, 2.45) is 5.73 Å². The van der Waals surface area contributed by atoms with Crippen molar-refractivity contribution >= 4 is 11.8 Å². The van der Waals surface area contributed by atoms with E-state index in [2.05, 4.69) is 21.8 Å². The van der Waals surface area contributed by atoms with Crippen LogP contribution in [-0.4, -0.2) is 26.8 Å². The summed E-state index contributed by atoms with van der Waals surface area (Å²) in [7, 11) is 0. The molecule has 55 valence electrons. The number of tetrazole rings is 1. The fourth-order valence-corrected chi connectivity index (χ4v) is 0.934. The number of nitrogens with two attached hydrogens (primary N) is 1. The molecule has 2 N–H and O–H groups in total. The number of hydrogen-bond donors (Lipinski definition) is 1. The predicted molar refractivity (Wildman–Crippen MR) is 38.1 cm³/mol. The van der Waals surface area contributed by atoms with Crippen molar-refractivity contribution in [1.82, 2.24) is 20.2 Å². The van der Waals surface area contributed by atoms with E-state index < -0.39 is 0 Å². The first-order valence-electron chi connectivity index (χ1n) is 2.76. The summed E-state index contributed by atoms with van der Waals surface area (Å²) in [5.74, 6) is 0. The van der Waals surface area contributed by atoms with Gasteiger partial charge < -0.3 is 5.73 Å². The van der Waals surface area contributed by atoms with Crippen LogP contribution >= 0.6 is 11.8 Å². The fourth-order valence-electron chi connectivity index (χ4n) is 0.562. The van der Waals surface area contributed by atoms with E-state index in [1.807, 2.05) is 0 Å². The first-order chi connectivity index (χ1) is 4.88. The minimum Gasteiger partial charge on any atom is -0.329 e. The third-order valence-electron chi connectivity index (χ3n) is 0.969. The maximum Gasteiger partial charge on any atom is 0.209 e. The van der Waals surface area contributed by atoms with E-state index >= 15 is 0 Å². The van der Waals surface area contributed by atoms with Gasteiger partial charge >= 0.3 is 0 Å². The minimum atomic E-state index is 0.540. The molecule has 0 spiro atoms. The van der Waals surface area contributed by atoms with Crippen molar-refractivity contribution in [3.05, 3.63) is 6.26 Å². The molecule has 1 rings (SSSR count). The van der Waals surface area contributed by atoms with Gasteiger partial charge in [0.15, 0.2) is 0 Å². The van der Waals surface area contributed by atoms with Gasteiger partial charge in [-0.15, -0.1) is 5.10 Å². The van der Waals surface area contributed by atoms with Gasteiger partial charge in [-0.1, -0.05) is 11.8 Å². The summed E-state index contributed by atoms with van der Waals surface area (Å²) in [5, 5.41) is 11.5. The Morgan fingerprint density at radius 2 is 2.50 bits per heavy atom. The molecule has 0 saturated carbocycles. The number of thioether (sulfide) groups is 1. The lowest BCUT2D eigenvalue weighted by Gasteiger charge is -1.96. The number of nitrogens with zero attached hydrogens (tertiary/aromatic N) is 4. The lowest BCUT2D eigenvalue weighted by Crippen LogP contribution is -2.11. The molecule has 1 heterocycles. The summed E-state index contributed by atoms with van der Waals surface area (Å²) in [6, 6.07) is 0. The van der Waals surface area contributed by atoms with Crippen molar-refractivity contribution in [3.8, 4) is 0 Å². The molecule has 1 radical (unpaired) electrons. The van der Waals surface area contributed by atoms with Gasteiger partial charge in [-0.25, -0.2) is 4.68 Å². The smallest absolute Gasteiger partial charge is 0.209 e. The maximum absolute atomic E-state index is 5.30. The normalized spacial score (nSPS) is 10.2. The van der Waals surface area contributed by atoms with E-state index in [0.29, 0.717) is 18.2 Å². The second-order valence-corrected chi connectivity index (χ2v) is 2.27. The van der Waals surface area contributed by atoms with Gasteiger partial charge in [0.25, 0.3) is 0 Å². The van der Waals surface area contributed by atoms with Gasteiger partial charge in [0.1, 0.15) is 0 Å². The Morgan fingerprint density at radius 1 is 1.70 bits per heavy atom. The Bertz CT molecular complexity index is 197. The molecule has 0 bridgehead atoms. The van der Waals surface area contributed by atoms with E-state index in [1.165, 1.54) is 11.8 Å². The minimum absolute atomic E-state index is 0.540. The van der Waals surface area contributed by atoms with Crippen LogP contribution in [0.5, 0.6) is 0 Å². The molecule has 0 unspecified atom stereocenters. The highest BCUT2D eigenvalue weighted by molar-refractivity contribution is 8.00. The number of rotatable bonds is 3. The van der Waals surface area contributed by atoms with Crippen molar-refractivity contribution in [1.29, 1.82) is 0 Å². The molecular formula is C4H8N5S. The molecule has 0 atom stereocenters. The van der Waals surface area contributed by atoms with Crippen LogP contribution in [0, 0.1) is 6.26 Å². The van der Waals surface area contributed by atoms with Gasteiger partial charge in [-0.3, -0.25) is 0 Å². The molecule has 0 saturated heterocycles. The zero-order valence-corrected chi connectivity index (χ0v) is 6.21. The van der Waals surface area contributed by atoms with E-state index in [9.17, 15) is 0 Å². The van der Waals surface area contributed by atoms with Gasteiger partial charge in [0.2, 0.25) is 5.16 Å². The van der Waals surface area contributed by atoms with Crippen molar-refractivity contribution < 1.29 is 0 Å². The molecule has 0 aliphatic heterocycles. The average molecular weight is 158 g/mol. The summed E-state index contributed by atoms with van der Waals surface area (Å²) in [4.78, 5) is 0. The van der Waals surface area contributed by atoms with E-state index in [4.69, 9.17) is 5.73 Å². The quantitative estimate of drug-likeness (QED) is 0.601. The second kappa shape index (κ2) is 3.52. The van der Waals surface area contributed by atoms with Crippen LogP contribution in [0.4, 0.5) is 0 Å². The molecule has 0 aliphatic carbocycles. The van der Waals surface area contributed by atoms with E-state index in [-0.39, 0.29) is 0 Å². The maximum atomic E-state index is 5.30. The molecule has 5 nitrogen and oxygen atoms in total. The predicted octanol–water partition coefficient (Wildman–Crippen LogP) is -0.485. The van der Waals surface area contributed by atoms with Crippen LogP contribution in [0.3, 0.4) is 0 Å². The molecule has 0 fully saturated rings. The number of hydrogen-bond acceptors (Lipinski definition) is 5. The third kappa shape index (κ3) is 1.45. The van der Waals surface area contributed by atoms with Crippen LogP contribution in [0.15, 0.2) is 5.16 Å². The zero-order chi connectivity index (χ0) is 7.40. The Balaban J connectivity index is 2.70. The first-order valence-corrected chi connectivity index (χ1v) is 3.75. The highest BCUT2D eigenvalue weighted by Gasteiger charge is 2.00. The van der Waals surface area contributed by atoms with Crippen LogP contribution < -0.4 is 5.73 Å². The summed E-state index contributed by atoms with van der Waals surface area (Å²) in [6.07, 6.45) is 3.58. The zero-order valence-electron chi connectivity index (χ0n) is 5.40. The lowest BCUT2D eigenvalue weighted by molar-refractivity contribution is 0.557. The van der Waals surface area contributed by atoms with Gasteiger partial charge in [-0.2, -0.15) is 0 Å². The first kappa shape index (κ1) is 7.49. The monoisotopic (exact) mass is 158 g/mol. The highest BCUT2D eigenvalue weighted by atomic mass is 32.2. The van der Waals surface area contributed by atoms with Gasteiger partial charge in [0, 0.05) is 12.8 Å². The molecule has 0 amide bonds. The molecule has 1 aromatic rings. The van der Waals surface area contributed by atoms with E-state index in [0.717, 1.165) is 0 Å². The highest BCUT2D eigenvalue weighted by Crippen LogP contribution is 2.08. The third-order valence-corrected chi connectivity index (χ3v) is 1.52. The van der Waals surface area contributed by atoms with Crippen molar-refractivity contribution in [3.63, 3.8) is 0 Å². The molecule has 1 aromatic heterocycles. The Kier molecular flexibility index (Phi) is 2.64. The van der Waals surface area contributed by atoms with Gasteiger partial charge in [0.05, 0.1) is 6.54 Å². The summed E-state index contributed by atoms with van der Waals surface area (Å²) < 4.78 is 1.62. The van der Waals surface area contributed by atoms with Crippen molar-refractivity contribution in [2.75, 3.05) is 6.54 Å². The summed E-state index contributed by atoms with van der Waals surface area (Å²) in [5.41, 5.74) is 5.30. The van der Waals surface area contributed by atoms with E-state index in [1.54, 1.807) is 4.68 Å². The summed E-state index contributed by atoms with van der Waals surface area (Å²) >= 11 is 1.26. The molecule has 10 heavy (non-hydrogen) atoms. The second-order valence-electron chi connectivity index (χ2n) is 1.62. The lowest BCUT2D eigenvalue weighted by atomic mass is 10.7. The Hall–Kier alpha value is -0.620. The Labute approximate surface area is 63.0 Å². The average Bonchev–Trinajstić information content (AvgIpc) is 2.36. The van der Waals surface area contributed by atoms with Gasteiger partial charge in [-0.05, 0) is 10.4 Å². The van der Waals surface area contributed by atoms with Crippen LogP contribution in [0.2, 0.25) is 0 Å². The van der Waals surface area contributed by atoms with Crippen LogP contribution in [-0.2, 0) is 6.54 Å². The Morgan fingerprint density at radius 3 is 3.10 bits per heavy atom. The molecule has 0 aliphatic rings. The van der Waals surface area contributed by atoms with Crippen molar-refractivity contribution in [2.45, 2.75) is 11.7 Å².